The van der Waals surface area contributed by atoms with Crippen LogP contribution in [0, 0.1) is 12.3 Å². The number of hydrogen-bond acceptors (Lipinski definition) is 2. The monoisotopic (exact) mass is 280 g/mol. The molecular weight excluding hydrogens is 274 g/mol. The average molecular weight is 280 g/mol. The molecule has 0 aliphatic rings. The van der Waals surface area contributed by atoms with Gasteiger partial charge in [0.05, 0.1) is 3.72 Å². The van der Waals surface area contributed by atoms with Gasteiger partial charge in [0, 0.05) is 11.8 Å². The maximum atomic E-state index is 7.37. The third-order valence-corrected chi connectivity index (χ3v) is 2.34. The quantitative estimate of drug-likeness (QED) is 0.479. The summed E-state index contributed by atoms with van der Waals surface area (Å²) < 4.78 is 0.490. The van der Waals surface area contributed by atoms with Crippen LogP contribution in [-0.4, -0.2) is 8.70 Å². The molecule has 1 rings (SSSR count). The molecule has 2 nitrogen and oxygen atoms in total. The van der Waals surface area contributed by atoms with Crippen molar-refractivity contribution in [2.45, 2.75) is 6.92 Å². The van der Waals surface area contributed by atoms with E-state index in [-0.39, 0.29) is 0 Å². The lowest BCUT2D eigenvalue weighted by atomic mass is 10.2. The fourth-order valence-electron chi connectivity index (χ4n) is 0.748. The molecule has 0 saturated carbocycles. The largest absolute Gasteiger partial charge is 0.294 e. The lowest BCUT2D eigenvalue weighted by Gasteiger charge is -2.01. The summed E-state index contributed by atoms with van der Waals surface area (Å²) in [6, 6.07) is 1.79. The fraction of sp³-hybridized carbons (Fsp3) is 0.143. The number of nitrogens with zero attached hydrogens (tertiary/aromatic N) is 1. The molecule has 0 spiro atoms. The Kier molecular flexibility index (Phi) is 2.84. The van der Waals surface area contributed by atoms with Gasteiger partial charge in [-0.3, -0.25) is 5.41 Å². The molecule has 0 aromatic carbocycles. The van der Waals surface area contributed by atoms with E-state index in [1.807, 2.05) is 29.5 Å². The number of halogens is 2. The summed E-state index contributed by atoms with van der Waals surface area (Å²) in [6.45, 7) is 1.86. The van der Waals surface area contributed by atoms with Gasteiger partial charge in [0.25, 0.3) is 0 Å². The van der Waals surface area contributed by atoms with E-state index in [1.54, 1.807) is 12.3 Å². The van der Waals surface area contributed by atoms with Gasteiger partial charge in [-0.25, -0.2) is 4.98 Å². The zero-order chi connectivity index (χ0) is 8.43. The Balaban J connectivity index is 3.27. The molecule has 1 aromatic heterocycles. The van der Waals surface area contributed by atoms with E-state index >= 15 is 0 Å². The molecule has 0 aliphatic carbocycles. The number of hydrogen-bond donors (Lipinski definition) is 1. The van der Waals surface area contributed by atoms with Crippen LogP contribution in [-0.2, 0) is 0 Å². The van der Waals surface area contributed by atoms with Crippen LogP contribution in [0.5, 0.6) is 0 Å². The van der Waals surface area contributed by atoms with Crippen molar-refractivity contribution in [3.63, 3.8) is 0 Å². The molecule has 0 saturated heterocycles. The topological polar surface area (TPSA) is 36.7 Å². The first-order valence-electron chi connectivity index (χ1n) is 2.98. The van der Waals surface area contributed by atoms with Crippen LogP contribution < -0.4 is 0 Å². The van der Waals surface area contributed by atoms with E-state index in [2.05, 4.69) is 4.98 Å². The highest BCUT2D eigenvalue weighted by Gasteiger charge is 2.04. The van der Waals surface area contributed by atoms with Crippen molar-refractivity contribution in [1.82, 2.24) is 4.98 Å². The fourth-order valence-corrected chi connectivity index (χ4v) is 1.49. The Morgan fingerprint density at radius 3 is 2.82 bits per heavy atom. The van der Waals surface area contributed by atoms with Crippen LogP contribution >= 0.6 is 34.2 Å². The minimum absolute atomic E-state index is 0.476. The molecule has 0 aliphatic heterocycles. The van der Waals surface area contributed by atoms with E-state index in [1.165, 1.54) is 0 Å². The lowest BCUT2D eigenvalue weighted by Crippen LogP contribution is -1.94. The predicted molar refractivity (Wildman–Crippen MR) is 54.8 cm³/mol. The summed E-state index contributed by atoms with van der Waals surface area (Å²) in [6.07, 6.45) is 1.61. The Morgan fingerprint density at radius 2 is 2.36 bits per heavy atom. The molecule has 1 N–H and O–H groups in total. The minimum atomic E-state index is 0.476. The van der Waals surface area contributed by atoms with E-state index in [9.17, 15) is 0 Å². The lowest BCUT2D eigenvalue weighted by molar-refractivity contribution is 1.26. The van der Waals surface area contributed by atoms with Crippen molar-refractivity contribution >= 4 is 37.9 Å². The van der Waals surface area contributed by atoms with Crippen LogP contribution in [0.4, 0.5) is 0 Å². The molecule has 0 amide bonds. The molecule has 0 atom stereocenters. The summed E-state index contributed by atoms with van der Waals surface area (Å²) in [4.78, 5) is 3.89. The summed E-state index contributed by atoms with van der Waals surface area (Å²) in [5, 5.41) is 7.85. The summed E-state index contributed by atoms with van der Waals surface area (Å²) in [7, 11) is 0. The van der Waals surface area contributed by atoms with Gasteiger partial charge in [0.1, 0.15) is 5.15 Å². The molecule has 11 heavy (non-hydrogen) atoms. The Hall–Kier alpha value is -0.160. The zero-order valence-corrected chi connectivity index (χ0v) is 8.77. The first-order chi connectivity index (χ1) is 5.13. The Bertz CT molecular complexity index is 298. The molecule has 58 valence electrons. The van der Waals surface area contributed by atoms with E-state index < -0.39 is 0 Å². The average Bonchev–Trinajstić information content (AvgIpc) is 1.94. The number of pyridine rings is 1. The zero-order valence-electron chi connectivity index (χ0n) is 5.86. The van der Waals surface area contributed by atoms with Crippen LogP contribution in [0.3, 0.4) is 0 Å². The van der Waals surface area contributed by atoms with Crippen molar-refractivity contribution in [2.75, 3.05) is 0 Å². The normalized spacial score (nSPS) is 9.73. The molecule has 0 fully saturated rings. The molecule has 0 unspecified atom stereocenters. The number of aromatic nitrogens is 1. The standard InChI is InChI=1S/C7H6ClIN2/c1-4-5(7(9)10)2-3-11-6(4)8/h2-3,10H,1H3. The Morgan fingerprint density at radius 1 is 1.73 bits per heavy atom. The van der Waals surface area contributed by atoms with Gasteiger partial charge in [-0.15, -0.1) is 0 Å². The van der Waals surface area contributed by atoms with Crippen LogP contribution in [0.15, 0.2) is 12.3 Å². The van der Waals surface area contributed by atoms with Gasteiger partial charge in [-0.1, -0.05) is 11.6 Å². The second kappa shape index (κ2) is 3.49. The van der Waals surface area contributed by atoms with Gasteiger partial charge in [0.15, 0.2) is 0 Å². The number of nitrogens with one attached hydrogen (secondary N) is 1. The summed E-state index contributed by atoms with van der Waals surface area (Å²) >= 11 is 7.69. The van der Waals surface area contributed by atoms with Gasteiger partial charge >= 0.3 is 0 Å². The van der Waals surface area contributed by atoms with E-state index in [0.717, 1.165) is 11.1 Å². The highest BCUT2D eigenvalue weighted by molar-refractivity contribution is 14.1. The van der Waals surface area contributed by atoms with Crippen molar-refractivity contribution < 1.29 is 0 Å². The molecule has 1 heterocycles. The highest BCUT2D eigenvalue weighted by Crippen LogP contribution is 2.17. The van der Waals surface area contributed by atoms with Crippen LogP contribution in [0.25, 0.3) is 0 Å². The molecule has 0 radical (unpaired) electrons. The van der Waals surface area contributed by atoms with Gasteiger partial charge < -0.3 is 0 Å². The molecular formula is C7H6ClIN2. The van der Waals surface area contributed by atoms with Crippen molar-refractivity contribution in [3.8, 4) is 0 Å². The predicted octanol–water partition coefficient (Wildman–Crippen LogP) is 2.80. The summed E-state index contributed by atoms with van der Waals surface area (Å²) in [5.74, 6) is 0. The SMILES string of the molecule is Cc1c(C(=N)I)ccnc1Cl. The second-order valence-electron chi connectivity index (χ2n) is 2.09. The van der Waals surface area contributed by atoms with E-state index in [0.29, 0.717) is 8.87 Å². The second-order valence-corrected chi connectivity index (χ2v) is 3.53. The van der Waals surface area contributed by atoms with Gasteiger partial charge in [-0.05, 0) is 41.1 Å². The van der Waals surface area contributed by atoms with Crippen molar-refractivity contribution in [3.05, 3.63) is 28.5 Å². The van der Waals surface area contributed by atoms with Gasteiger partial charge in [-0.2, -0.15) is 0 Å². The first-order valence-corrected chi connectivity index (χ1v) is 4.44. The highest BCUT2D eigenvalue weighted by atomic mass is 127. The van der Waals surface area contributed by atoms with E-state index in [4.69, 9.17) is 17.0 Å². The molecule has 4 heteroatoms. The number of rotatable bonds is 1. The third kappa shape index (κ3) is 1.90. The first kappa shape index (κ1) is 8.93. The summed E-state index contributed by atoms with van der Waals surface area (Å²) in [5.41, 5.74) is 1.72. The molecule has 1 aromatic rings. The Labute approximate surface area is 83.6 Å². The van der Waals surface area contributed by atoms with Crippen molar-refractivity contribution in [1.29, 1.82) is 5.41 Å². The van der Waals surface area contributed by atoms with Gasteiger partial charge in [0.2, 0.25) is 0 Å². The van der Waals surface area contributed by atoms with Crippen LogP contribution in [0.2, 0.25) is 5.15 Å². The maximum Gasteiger partial charge on any atom is 0.132 e. The smallest absolute Gasteiger partial charge is 0.132 e. The maximum absolute atomic E-state index is 7.37. The van der Waals surface area contributed by atoms with Crippen molar-refractivity contribution in [2.24, 2.45) is 0 Å². The minimum Gasteiger partial charge on any atom is -0.294 e. The van der Waals surface area contributed by atoms with Crippen LogP contribution in [0.1, 0.15) is 11.1 Å². The third-order valence-electron chi connectivity index (χ3n) is 1.38. The molecule has 0 bridgehead atoms.